The maximum atomic E-state index is 13.7. The molecular weight excluding hydrogens is 217 g/mol. The summed E-state index contributed by atoms with van der Waals surface area (Å²) >= 11 is 0. The van der Waals surface area contributed by atoms with Crippen molar-refractivity contribution in [2.24, 2.45) is 5.92 Å². The third-order valence-electron chi connectivity index (χ3n) is 3.62. The molecule has 1 fully saturated rings. The van der Waals surface area contributed by atoms with Crippen molar-refractivity contribution in [3.05, 3.63) is 29.6 Å². The third kappa shape index (κ3) is 2.60. The number of aliphatic hydroxyl groups is 1. The molecule has 1 aliphatic rings. The van der Waals surface area contributed by atoms with E-state index in [-0.39, 0.29) is 5.82 Å². The summed E-state index contributed by atoms with van der Waals surface area (Å²) in [6, 6.07) is 4.99. The van der Waals surface area contributed by atoms with Gasteiger partial charge in [0.2, 0.25) is 0 Å². The molecule has 17 heavy (non-hydrogen) atoms. The second-order valence-corrected chi connectivity index (χ2v) is 5.03. The van der Waals surface area contributed by atoms with Crippen LogP contribution in [0.15, 0.2) is 18.2 Å². The van der Waals surface area contributed by atoms with Crippen molar-refractivity contribution in [3.63, 3.8) is 0 Å². The number of rotatable bonds is 4. The minimum atomic E-state index is -0.768. The van der Waals surface area contributed by atoms with E-state index in [4.69, 9.17) is 0 Å². The Morgan fingerprint density at radius 1 is 1.47 bits per heavy atom. The van der Waals surface area contributed by atoms with Crippen LogP contribution in [-0.4, -0.2) is 18.7 Å². The normalized spacial score (nSPS) is 17.6. The summed E-state index contributed by atoms with van der Waals surface area (Å²) in [5.74, 6) is 0.406. The van der Waals surface area contributed by atoms with Gasteiger partial charge in [-0.05, 0) is 37.8 Å². The van der Waals surface area contributed by atoms with Gasteiger partial charge in [0.25, 0.3) is 0 Å². The molecule has 2 rings (SSSR count). The number of anilines is 1. The average molecular weight is 237 g/mol. The standard InChI is InChI=1S/C14H20FNO/c1-10(17)14-12(15)7-4-8-13(14)16(2)9-11-5-3-6-11/h4,7-8,10-11,17H,3,5-6,9H2,1-2H3/t10-/m0/s1. The summed E-state index contributed by atoms with van der Waals surface area (Å²) in [5, 5.41) is 9.67. The molecule has 1 aromatic rings. The quantitative estimate of drug-likeness (QED) is 0.869. The van der Waals surface area contributed by atoms with Gasteiger partial charge in [0.05, 0.1) is 6.10 Å². The summed E-state index contributed by atoms with van der Waals surface area (Å²) in [6.07, 6.45) is 3.08. The van der Waals surface area contributed by atoms with Crippen LogP contribution in [0.1, 0.15) is 37.9 Å². The molecule has 1 saturated carbocycles. The van der Waals surface area contributed by atoms with Gasteiger partial charge >= 0.3 is 0 Å². The molecule has 1 aliphatic carbocycles. The highest BCUT2D eigenvalue weighted by atomic mass is 19.1. The molecule has 0 amide bonds. The third-order valence-corrected chi connectivity index (χ3v) is 3.62. The lowest BCUT2D eigenvalue weighted by atomic mass is 9.85. The van der Waals surface area contributed by atoms with Gasteiger partial charge in [0, 0.05) is 24.8 Å². The Morgan fingerprint density at radius 2 is 2.18 bits per heavy atom. The van der Waals surface area contributed by atoms with Crippen LogP contribution in [0.3, 0.4) is 0 Å². The summed E-state index contributed by atoms with van der Waals surface area (Å²) in [4.78, 5) is 2.06. The first-order chi connectivity index (χ1) is 8.09. The Labute approximate surface area is 102 Å². The minimum Gasteiger partial charge on any atom is -0.389 e. The molecule has 0 saturated heterocycles. The predicted octanol–water partition coefficient (Wildman–Crippen LogP) is 3.12. The van der Waals surface area contributed by atoms with Crippen LogP contribution in [0.2, 0.25) is 0 Å². The summed E-state index contributed by atoms with van der Waals surface area (Å²) in [5.41, 5.74) is 1.22. The van der Waals surface area contributed by atoms with Crippen molar-refractivity contribution < 1.29 is 9.50 Å². The molecule has 1 N–H and O–H groups in total. The second-order valence-electron chi connectivity index (χ2n) is 5.03. The van der Waals surface area contributed by atoms with E-state index >= 15 is 0 Å². The van der Waals surface area contributed by atoms with Crippen LogP contribution < -0.4 is 4.90 Å². The summed E-state index contributed by atoms with van der Waals surface area (Å²) in [7, 11) is 1.97. The Balaban J connectivity index is 2.20. The molecular formula is C14H20FNO. The predicted molar refractivity (Wildman–Crippen MR) is 67.6 cm³/mol. The van der Waals surface area contributed by atoms with Crippen molar-refractivity contribution >= 4 is 5.69 Å². The fraction of sp³-hybridized carbons (Fsp3) is 0.571. The highest BCUT2D eigenvalue weighted by Gasteiger charge is 2.22. The Hall–Kier alpha value is -1.09. The zero-order valence-corrected chi connectivity index (χ0v) is 10.5. The van der Waals surface area contributed by atoms with Crippen LogP contribution in [0.5, 0.6) is 0 Å². The van der Waals surface area contributed by atoms with Gasteiger partial charge in [0.1, 0.15) is 5.82 Å². The van der Waals surface area contributed by atoms with Crippen molar-refractivity contribution in [1.29, 1.82) is 0 Å². The number of hydrogen-bond donors (Lipinski definition) is 1. The lowest BCUT2D eigenvalue weighted by Crippen LogP contribution is -2.30. The Bertz CT molecular complexity index is 388. The fourth-order valence-electron chi connectivity index (χ4n) is 2.43. The molecule has 1 aromatic carbocycles. The van der Waals surface area contributed by atoms with Gasteiger partial charge in [0.15, 0.2) is 0 Å². The highest BCUT2D eigenvalue weighted by Crippen LogP contribution is 2.32. The topological polar surface area (TPSA) is 23.5 Å². The van der Waals surface area contributed by atoms with Crippen LogP contribution >= 0.6 is 0 Å². The molecule has 0 aromatic heterocycles. The van der Waals surface area contributed by atoms with E-state index in [0.29, 0.717) is 5.56 Å². The number of aliphatic hydroxyl groups excluding tert-OH is 1. The molecule has 0 aliphatic heterocycles. The molecule has 0 bridgehead atoms. The monoisotopic (exact) mass is 237 g/mol. The van der Waals surface area contributed by atoms with E-state index in [1.807, 2.05) is 13.1 Å². The summed E-state index contributed by atoms with van der Waals surface area (Å²) < 4.78 is 13.7. The van der Waals surface area contributed by atoms with Crippen molar-refractivity contribution in [1.82, 2.24) is 0 Å². The molecule has 0 unspecified atom stereocenters. The Morgan fingerprint density at radius 3 is 2.71 bits per heavy atom. The molecule has 3 heteroatoms. The van der Waals surface area contributed by atoms with E-state index < -0.39 is 6.10 Å². The fourth-order valence-corrected chi connectivity index (χ4v) is 2.43. The molecule has 0 heterocycles. The van der Waals surface area contributed by atoms with E-state index in [1.54, 1.807) is 13.0 Å². The number of benzene rings is 1. The Kier molecular flexibility index (Phi) is 3.67. The number of hydrogen-bond acceptors (Lipinski definition) is 2. The van der Waals surface area contributed by atoms with Gasteiger partial charge in [-0.1, -0.05) is 12.5 Å². The lowest BCUT2D eigenvalue weighted by Gasteiger charge is -2.32. The molecule has 94 valence electrons. The minimum absolute atomic E-state index is 0.321. The van der Waals surface area contributed by atoms with Gasteiger partial charge in [-0.15, -0.1) is 0 Å². The van der Waals surface area contributed by atoms with Gasteiger partial charge in [-0.25, -0.2) is 4.39 Å². The maximum Gasteiger partial charge on any atom is 0.131 e. The zero-order valence-electron chi connectivity index (χ0n) is 10.5. The molecule has 2 nitrogen and oxygen atoms in total. The van der Waals surface area contributed by atoms with Crippen LogP contribution in [-0.2, 0) is 0 Å². The van der Waals surface area contributed by atoms with Crippen molar-refractivity contribution in [2.45, 2.75) is 32.3 Å². The number of nitrogens with zero attached hydrogens (tertiary/aromatic N) is 1. The lowest BCUT2D eigenvalue weighted by molar-refractivity contribution is 0.194. The van der Waals surface area contributed by atoms with E-state index in [0.717, 1.165) is 18.2 Å². The first-order valence-corrected chi connectivity index (χ1v) is 6.27. The van der Waals surface area contributed by atoms with E-state index in [2.05, 4.69) is 4.90 Å². The molecule has 0 spiro atoms. The first-order valence-electron chi connectivity index (χ1n) is 6.27. The molecule has 0 radical (unpaired) electrons. The average Bonchev–Trinajstić information content (AvgIpc) is 2.22. The largest absolute Gasteiger partial charge is 0.389 e. The van der Waals surface area contributed by atoms with Gasteiger partial charge in [-0.3, -0.25) is 0 Å². The van der Waals surface area contributed by atoms with Crippen LogP contribution in [0.4, 0.5) is 10.1 Å². The maximum absolute atomic E-state index is 13.7. The second kappa shape index (κ2) is 5.05. The molecule has 1 atom stereocenters. The van der Waals surface area contributed by atoms with E-state index in [9.17, 15) is 9.50 Å². The van der Waals surface area contributed by atoms with Crippen LogP contribution in [0.25, 0.3) is 0 Å². The van der Waals surface area contributed by atoms with E-state index in [1.165, 1.54) is 25.3 Å². The van der Waals surface area contributed by atoms with Crippen LogP contribution in [0, 0.1) is 11.7 Å². The highest BCUT2D eigenvalue weighted by molar-refractivity contribution is 5.54. The smallest absolute Gasteiger partial charge is 0.131 e. The van der Waals surface area contributed by atoms with Crippen molar-refractivity contribution in [2.75, 3.05) is 18.5 Å². The van der Waals surface area contributed by atoms with Gasteiger partial charge < -0.3 is 10.0 Å². The van der Waals surface area contributed by atoms with Crippen molar-refractivity contribution in [3.8, 4) is 0 Å². The zero-order chi connectivity index (χ0) is 12.4. The first kappa shape index (κ1) is 12.4. The summed E-state index contributed by atoms with van der Waals surface area (Å²) in [6.45, 7) is 2.56. The van der Waals surface area contributed by atoms with Gasteiger partial charge in [-0.2, -0.15) is 0 Å². The number of halogens is 1. The SMILES string of the molecule is C[C@H](O)c1c(F)cccc1N(C)CC1CCC1.